The van der Waals surface area contributed by atoms with Gasteiger partial charge in [-0.25, -0.2) is 0 Å². The van der Waals surface area contributed by atoms with E-state index >= 15 is 0 Å². The zero-order valence-corrected chi connectivity index (χ0v) is 31.0. The highest BCUT2D eigenvalue weighted by Gasteiger charge is 2.35. The Morgan fingerprint density at radius 3 is 1.67 bits per heavy atom. The van der Waals surface area contributed by atoms with Crippen molar-refractivity contribution in [3.05, 3.63) is 205 Å². The van der Waals surface area contributed by atoms with Crippen molar-refractivity contribution < 1.29 is 0 Å². The van der Waals surface area contributed by atoms with Gasteiger partial charge in [-0.2, -0.15) is 0 Å². The molecular formula is C55H38. The minimum atomic E-state index is -0.0448. The van der Waals surface area contributed by atoms with Gasteiger partial charge in [0.25, 0.3) is 0 Å². The van der Waals surface area contributed by atoms with Crippen LogP contribution in [0.4, 0.5) is 0 Å². The molecule has 0 aliphatic heterocycles. The minimum Gasteiger partial charge on any atom is -0.0619 e. The van der Waals surface area contributed by atoms with Crippen LogP contribution in [-0.4, -0.2) is 0 Å². The normalized spacial score (nSPS) is 13.1. The van der Waals surface area contributed by atoms with Gasteiger partial charge in [-0.05, 0) is 134 Å². The molecule has 0 atom stereocenters. The van der Waals surface area contributed by atoms with E-state index in [0.29, 0.717) is 0 Å². The molecule has 55 heavy (non-hydrogen) atoms. The zero-order chi connectivity index (χ0) is 36.7. The highest BCUT2D eigenvalue weighted by Crippen LogP contribution is 2.51. The number of benzene rings is 10. The van der Waals surface area contributed by atoms with Gasteiger partial charge in [-0.3, -0.25) is 0 Å². The van der Waals surface area contributed by atoms with E-state index in [1.807, 2.05) is 0 Å². The van der Waals surface area contributed by atoms with E-state index in [9.17, 15) is 0 Å². The summed E-state index contributed by atoms with van der Waals surface area (Å²) < 4.78 is 0. The molecule has 10 aromatic carbocycles. The number of rotatable bonds is 4. The highest BCUT2D eigenvalue weighted by atomic mass is 14.4. The van der Waals surface area contributed by atoms with Crippen LogP contribution in [0.1, 0.15) is 25.0 Å². The van der Waals surface area contributed by atoms with Crippen molar-refractivity contribution >= 4 is 43.1 Å². The molecule has 0 unspecified atom stereocenters. The average Bonchev–Trinajstić information content (AvgIpc) is 3.47. The van der Waals surface area contributed by atoms with E-state index in [0.717, 1.165) is 0 Å². The Labute approximate surface area is 322 Å². The molecule has 10 aromatic rings. The van der Waals surface area contributed by atoms with Gasteiger partial charge in [0.1, 0.15) is 0 Å². The van der Waals surface area contributed by atoms with E-state index < -0.39 is 0 Å². The molecule has 11 rings (SSSR count). The molecule has 0 spiro atoms. The first-order chi connectivity index (χ1) is 27.0. The third kappa shape index (κ3) is 4.92. The maximum Gasteiger partial charge on any atom is 0.0158 e. The summed E-state index contributed by atoms with van der Waals surface area (Å²) in [5.41, 5.74) is 15.4. The Bertz CT molecular complexity index is 3170. The Morgan fingerprint density at radius 2 is 0.818 bits per heavy atom. The van der Waals surface area contributed by atoms with Crippen molar-refractivity contribution in [2.75, 3.05) is 0 Å². The molecular weight excluding hydrogens is 661 g/mol. The molecule has 0 bridgehead atoms. The molecule has 0 aromatic heterocycles. The van der Waals surface area contributed by atoms with Gasteiger partial charge in [0, 0.05) is 5.41 Å². The topological polar surface area (TPSA) is 0 Å². The Kier molecular flexibility index (Phi) is 7.00. The quantitative estimate of drug-likeness (QED) is 0.161. The average molecular weight is 699 g/mol. The second-order valence-corrected chi connectivity index (χ2v) is 15.7. The molecule has 1 aliphatic rings. The molecule has 0 saturated carbocycles. The van der Waals surface area contributed by atoms with Crippen molar-refractivity contribution in [3.8, 4) is 55.6 Å². The Balaban J connectivity index is 1.20. The lowest BCUT2D eigenvalue weighted by molar-refractivity contribution is 0.660. The fraction of sp³-hybridized carbons (Fsp3) is 0.0545. The van der Waals surface area contributed by atoms with Gasteiger partial charge in [-0.1, -0.05) is 184 Å². The third-order valence-electron chi connectivity index (χ3n) is 12.2. The van der Waals surface area contributed by atoms with Crippen LogP contribution in [0, 0.1) is 0 Å². The van der Waals surface area contributed by atoms with E-state index in [1.54, 1.807) is 0 Å². The molecule has 0 amide bonds. The van der Waals surface area contributed by atoms with E-state index in [1.165, 1.54) is 110 Å². The largest absolute Gasteiger partial charge is 0.0619 e. The van der Waals surface area contributed by atoms with Crippen LogP contribution in [0.25, 0.3) is 98.7 Å². The van der Waals surface area contributed by atoms with Crippen LogP contribution in [0.5, 0.6) is 0 Å². The molecule has 0 radical (unpaired) electrons. The molecule has 0 nitrogen and oxygen atoms in total. The van der Waals surface area contributed by atoms with Crippen LogP contribution in [0.2, 0.25) is 0 Å². The summed E-state index contributed by atoms with van der Waals surface area (Å²) in [5, 5.41) is 10.1. The van der Waals surface area contributed by atoms with E-state index in [4.69, 9.17) is 0 Å². The van der Waals surface area contributed by atoms with Gasteiger partial charge in [-0.15, -0.1) is 0 Å². The van der Waals surface area contributed by atoms with Gasteiger partial charge < -0.3 is 0 Å². The van der Waals surface area contributed by atoms with Crippen LogP contribution in [0.3, 0.4) is 0 Å². The second kappa shape index (κ2) is 12.1. The molecule has 0 saturated heterocycles. The third-order valence-corrected chi connectivity index (χ3v) is 12.2. The zero-order valence-electron chi connectivity index (χ0n) is 31.0. The number of hydrogen-bond donors (Lipinski definition) is 0. The van der Waals surface area contributed by atoms with E-state index in [-0.39, 0.29) is 5.41 Å². The second-order valence-electron chi connectivity index (χ2n) is 15.7. The minimum absolute atomic E-state index is 0.0448. The first-order valence-electron chi connectivity index (χ1n) is 19.3. The summed E-state index contributed by atoms with van der Waals surface area (Å²) in [6.07, 6.45) is 0. The first kappa shape index (κ1) is 31.7. The fourth-order valence-electron chi connectivity index (χ4n) is 9.54. The van der Waals surface area contributed by atoms with Gasteiger partial charge in [0.2, 0.25) is 0 Å². The summed E-state index contributed by atoms with van der Waals surface area (Å²) >= 11 is 0. The molecule has 0 heterocycles. The van der Waals surface area contributed by atoms with Gasteiger partial charge >= 0.3 is 0 Å². The molecule has 0 N–H and O–H groups in total. The van der Waals surface area contributed by atoms with Crippen molar-refractivity contribution in [1.29, 1.82) is 0 Å². The lowest BCUT2D eigenvalue weighted by atomic mass is 9.81. The standard InChI is InChI=1S/C55H38/c1-55(2)51-24-10-9-20-45(51)49-34-42(28-30-52(49)55)54-47-22-8-7-21-46(47)53(41-18-11-17-40(32-41)44-23-12-16-36-14-5-6-19-43(36)44)48-29-27-39(33-50(48)54)38-26-25-35-13-3-4-15-37(35)31-38/h3-34H,1-2H3. The number of fused-ring (bicyclic) bond motifs is 7. The van der Waals surface area contributed by atoms with Crippen LogP contribution < -0.4 is 0 Å². The monoisotopic (exact) mass is 698 g/mol. The highest BCUT2D eigenvalue weighted by molar-refractivity contribution is 6.22. The molecule has 258 valence electrons. The first-order valence-corrected chi connectivity index (χ1v) is 19.3. The van der Waals surface area contributed by atoms with Crippen molar-refractivity contribution in [3.63, 3.8) is 0 Å². The summed E-state index contributed by atoms with van der Waals surface area (Å²) in [4.78, 5) is 0. The smallest absolute Gasteiger partial charge is 0.0158 e. The van der Waals surface area contributed by atoms with E-state index in [2.05, 4.69) is 208 Å². The Morgan fingerprint density at radius 1 is 0.273 bits per heavy atom. The molecule has 1 aliphatic carbocycles. The van der Waals surface area contributed by atoms with Crippen LogP contribution in [0.15, 0.2) is 194 Å². The molecule has 0 fully saturated rings. The Hall–Kier alpha value is -6.76. The van der Waals surface area contributed by atoms with Gasteiger partial charge in [0.05, 0.1) is 0 Å². The van der Waals surface area contributed by atoms with Crippen molar-refractivity contribution in [2.24, 2.45) is 0 Å². The maximum atomic E-state index is 2.47. The SMILES string of the molecule is CC1(C)c2ccccc2-c2cc(-c3c4ccccc4c(-c4cccc(-c5cccc6ccccc56)c4)c4ccc(-c5ccc6ccccc6c5)cc34)ccc21. The summed E-state index contributed by atoms with van der Waals surface area (Å²) in [6, 6.07) is 72.4. The molecule has 0 heteroatoms. The lowest BCUT2D eigenvalue weighted by Gasteiger charge is -2.22. The summed E-state index contributed by atoms with van der Waals surface area (Å²) in [7, 11) is 0. The van der Waals surface area contributed by atoms with Gasteiger partial charge in [0.15, 0.2) is 0 Å². The maximum absolute atomic E-state index is 2.47. The predicted octanol–water partition coefficient (Wildman–Crippen LogP) is 15.3. The van der Waals surface area contributed by atoms with Crippen molar-refractivity contribution in [1.82, 2.24) is 0 Å². The van der Waals surface area contributed by atoms with Crippen molar-refractivity contribution in [2.45, 2.75) is 19.3 Å². The fourth-order valence-corrected chi connectivity index (χ4v) is 9.54. The lowest BCUT2D eigenvalue weighted by Crippen LogP contribution is -2.14. The van der Waals surface area contributed by atoms with Crippen LogP contribution >= 0.6 is 0 Å². The summed E-state index contributed by atoms with van der Waals surface area (Å²) in [5.74, 6) is 0. The summed E-state index contributed by atoms with van der Waals surface area (Å²) in [6.45, 7) is 4.72. The number of hydrogen-bond acceptors (Lipinski definition) is 0. The predicted molar refractivity (Wildman–Crippen MR) is 236 cm³/mol. The van der Waals surface area contributed by atoms with Crippen LogP contribution in [-0.2, 0) is 5.41 Å².